The van der Waals surface area contributed by atoms with E-state index in [2.05, 4.69) is 12.0 Å². The lowest BCUT2D eigenvalue weighted by atomic mass is 10.2. The molecular weight excluding hydrogens is 228 g/mol. The fourth-order valence-electron chi connectivity index (χ4n) is 1.69. The summed E-state index contributed by atoms with van der Waals surface area (Å²) in [6, 6.07) is 5.78. The topological polar surface area (TPSA) is 36.3 Å². The number of benzene rings is 1. The molecule has 0 fully saturated rings. The maximum absolute atomic E-state index is 5.82. The third-order valence-electron chi connectivity index (χ3n) is 2.69. The van der Waals surface area contributed by atoms with Gasteiger partial charge >= 0.3 is 0 Å². The van der Waals surface area contributed by atoms with E-state index in [0.717, 1.165) is 35.8 Å². The van der Waals surface area contributed by atoms with Gasteiger partial charge in [-0.05, 0) is 25.0 Å². The molecule has 18 heavy (non-hydrogen) atoms. The van der Waals surface area contributed by atoms with Crippen LogP contribution in [0.3, 0.4) is 0 Å². The number of hydrogen-bond donors (Lipinski definition) is 0. The Hall–Kier alpha value is -1.97. The zero-order valence-electron chi connectivity index (χ0n) is 11.0. The fraction of sp³-hybridized carbons (Fsp3) is 0.357. The maximum Gasteiger partial charge on any atom is 0.165 e. The van der Waals surface area contributed by atoms with Crippen LogP contribution in [0.1, 0.15) is 18.9 Å². The number of ether oxygens (including phenoxy) is 2. The van der Waals surface area contributed by atoms with E-state index in [9.17, 15) is 0 Å². The molecule has 0 aliphatic carbocycles. The molecule has 0 bridgehead atoms. The summed E-state index contributed by atoms with van der Waals surface area (Å²) in [6.07, 6.45) is 4.69. The fourth-order valence-corrected chi connectivity index (χ4v) is 1.69. The second-order valence-electron chi connectivity index (χ2n) is 4.17. The van der Waals surface area contributed by atoms with E-state index in [0.29, 0.717) is 0 Å². The summed E-state index contributed by atoms with van der Waals surface area (Å²) in [6.45, 7) is 5.03. The molecule has 0 atom stereocenters. The van der Waals surface area contributed by atoms with Crippen molar-refractivity contribution in [2.24, 2.45) is 0 Å². The summed E-state index contributed by atoms with van der Waals surface area (Å²) in [5, 5.41) is 4.23. The first-order valence-electron chi connectivity index (χ1n) is 6.08. The monoisotopic (exact) mass is 246 g/mol. The van der Waals surface area contributed by atoms with E-state index in [-0.39, 0.29) is 0 Å². The average molecular weight is 246 g/mol. The highest BCUT2D eigenvalue weighted by Crippen LogP contribution is 2.28. The van der Waals surface area contributed by atoms with Crippen LogP contribution in [-0.2, 0) is 6.54 Å². The van der Waals surface area contributed by atoms with Gasteiger partial charge in [0.1, 0.15) is 11.5 Å². The molecule has 1 heterocycles. The predicted molar refractivity (Wildman–Crippen MR) is 70.3 cm³/mol. The van der Waals surface area contributed by atoms with Crippen molar-refractivity contribution >= 4 is 0 Å². The van der Waals surface area contributed by atoms with Crippen molar-refractivity contribution < 1.29 is 9.47 Å². The molecule has 4 heteroatoms. The Labute approximate surface area is 107 Å². The first-order valence-corrected chi connectivity index (χ1v) is 6.08. The first kappa shape index (κ1) is 12.5. The second-order valence-corrected chi connectivity index (χ2v) is 4.17. The van der Waals surface area contributed by atoms with Crippen molar-refractivity contribution in [1.82, 2.24) is 9.78 Å². The molecule has 1 aromatic carbocycles. The Balaban J connectivity index is 2.16. The lowest BCUT2D eigenvalue weighted by Gasteiger charge is -2.08. The van der Waals surface area contributed by atoms with Gasteiger partial charge in [-0.25, -0.2) is 0 Å². The lowest BCUT2D eigenvalue weighted by Crippen LogP contribution is -1.95. The largest absolute Gasteiger partial charge is 0.497 e. The van der Waals surface area contributed by atoms with Crippen LogP contribution in [-0.4, -0.2) is 16.9 Å². The summed E-state index contributed by atoms with van der Waals surface area (Å²) < 4.78 is 12.9. The van der Waals surface area contributed by atoms with Gasteiger partial charge < -0.3 is 9.47 Å². The van der Waals surface area contributed by atoms with Crippen molar-refractivity contribution in [3.8, 4) is 17.2 Å². The SMILES string of the molecule is CCCn1cc(Oc2cc(OC)ccc2C)cn1. The summed E-state index contributed by atoms with van der Waals surface area (Å²) in [5.41, 5.74) is 1.07. The van der Waals surface area contributed by atoms with E-state index < -0.39 is 0 Å². The minimum atomic E-state index is 0.750. The normalized spacial score (nSPS) is 10.4. The Morgan fingerprint density at radius 2 is 2.11 bits per heavy atom. The van der Waals surface area contributed by atoms with Crippen molar-refractivity contribution in [3.63, 3.8) is 0 Å². The van der Waals surface area contributed by atoms with Gasteiger partial charge in [-0.15, -0.1) is 0 Å². The molecule has 2 rings (SSSR count). The minimum absolute atomic E-state index is 0.750. The molecule has 0 aliphatic rings. The van der Waals surface area contributed by atoms with Gasteiger partial charge in [-0.2, -0.15) is 5.10 Å². The van der Waals surface area contributed by atoms with Gasteiger partial charge in [0.05, 0.1) is 19.5 Å². The summed E-state index contributed by atoms with van der Waals surface area (Å²) in [4.78, 5) is 0. The third kappa shape index (κ3) is 2.83. The van der Waals surface area contributed by atoms with Gasteiger partial charge in [0.25, 0.3) is 0 Å². The molecule has 0 unspecified atom stereocenters. The highest BCUT2D eigenvalue weighted by molar-refractivity contribution is 5.41. The van der Waals surface area contributed by atoms with Crippen molar-refractivity contribution in [2.45, 2.75) is 26.8 Å². The standard InChI is InChI=1S/C14H18N2O2/c1-4-7-16-10-13(9-15-16)18-14-8-12(17-3)6-5-11(14)2/h5-6,8-10H,4,7H2,1-3H3. The molecule has 0 saturated carbocycles. The van der Waals surface area contributed by atoms with Crippen LogP contribution in [0.2, 0.25) is 0 Å². The minimum Gasteiger partial charge on any atom is -0.497 e. The van der Waals surface area contributed by atoms with Crippen LogP contribution in [0.4, 0.5) is 0 Å². The van der Waals surface area contributed by atoms with Gasteiger partial charge in [0.2, 0.25) is 0 Å². The number of aromatic nitrogens is 2. The second kappa shape index (κ2) is 5.58. The predicted octanol–water partition coefficient (Wildman–Crippen LogP) is 3.40. The molecule has 0 aliphatic heterocycles. The van der Waals surface area contributed by atoms with Crippen molar-refractivity contribution in [1.29, 1.82) is 0 Å². The van der Waals surface area contributed by atoms with Crippen LogP contribution in [0.25, 0.3) is 0 Å². The quantitative estimate of drug-likeness (QED) is 0.811. The number of methoxy groups -OCH3 is 1. The average Bonchev–Trinajstić information content (AvgIpc) is 2.80. The van der Waals surface area contributed by atoms with Crippen LogP contribution in [0.5, 0.6) is 17.2 Å². The maximum atomic E-state index is 5.82. The van der Waals surface area contributed by atoms with E-state index in [1.54, 1.807) is 13.3 Å². The number of hydrogen-bond acceptors (Lipinski definition) is 3. The molecule has 2 aromatic rings. The van der Waals surface area contributed by atoms with Crippen LogP contribution >= 0.6 is 0 Å². The molecule has 0 spiro atoms. The number of rotatable bonds is 5. The molecule has 1 aromatic heterocycles. The zero-order chi connectivity index (χ0) is 13.0. The van der Waals surface area contributed by atoms with Gasteiger partial charge in [0.15, 0.2) is 5.75 Å². The Morgan fingerprint density at radius 1 is 1.28 bits per heavy atom. The molecule has 0 saturated heterocycles. The van der Waals surface area contributed by atoms with Crippen molar-refractivity contribution in [2.75, 3.05) is 7.11 Å². The van der Waals surface area contributed by atoms with E-state index >= 15 is 0 Å². The molecule has 0 amide bonds. The molecule has 0 radical (unpaired) electrons. The Bertz CT molecular complexity index is 520. The van der Waals surface area contributed by atoms with E-state index in [4.69, 9.17) is 9.47 Å². The Morgan fingerprint density at radius 3 is 2.83 bits per heavy atom. The van der Waals surface area contributed by atoms with E-state index in [1.165, 1.54) is 0 Å². The highest BCUT2D eigenvalue weighted by Gasteiger charge is 2.05. The number of nitrogens with zero attached hydrogens (tertiary/aromatic N) is 2. The lowest BCUT2D eigenvalue weighted by molar-refractivity contribution is 0.408. The van der Waals surface area contributed by atoms with Crippen LogP contribution in [0.15, 0.2) is 30.6 Å². The van der Waals surface area contributed by atoms with E-state index in [1.807, 2.05) is 36.0 Å². The van der Waals surface area contributed by atoms with Gasteiger partial charge in [0, 0.05) is 12.6 Å². The van der Waals surface area contributed by atoms with Crippen LogP contribution < -0.4 is 9.47 Å². The summed E-state index contributed by atoms with van der Waals surface area (Å²) in [5.74, 6) is 2.33. The zero-order valence-corrected chi connectivity index (χ0v) is 11.0. The van der Waals surface area contributed by atoms with Crippen LogP contribution in [0, 0.1) is 6.92 Å². The van der Waals surface area contributed by atoms with Gasteiger partial charge in [-0.3, -0.25) is 4.68 Å². The first-order chi connectivity index (χ1) is 8.72. The number of aryl methyl sites for hydroxylation is 2. The summed E-state index contributed by atoms with van der Waals surface area (Å²) in [7, 11) is 1.65. The van der Waals surface area contributed by atoms with Crippen molar-refractivity contribution in [3.05, 3.63) is 36.2 Å². The molecule has 4 nitrogen and oxygen atoms in total. The third-order valence-corrected chi connectivity index (χ3v) is 2.69. The molecule has 96 valence electrons. The Kier molecular flexibility index (Phi) is 3.87. The highest BCUT2D eigenvalue weighted by atomic mass is 16.5. The smallest absolute Gasteiger partial charge is 0.165 e. The molecule has 0 N–H and O–H groups in total. The molecular formula is C14H18N2O2. The summed E-state index contributed by atoms with van der Waals surface area (Å²) >= 11 is 0. The van der Waals surface area contributed by atoms with Gasteiger partial charge in [-0.1, -0.05) is 13.0 Å².